The summed E-state index contributed by atoms with van der Waals surface area (Å²) in [7, 11) is 0. The van der Waals surface area contributed by atoms with Crippen LogP contribution >= 0.6 is 12.2 Å². The molecule has 0 aliphatic carbocycles. The van der Waals surface area contributed by atoms with E-state index in [0.29, 0.717) is 23.5 Å². The average Bonchev–Trinajstić information content (AvgIpc) is 2.55. The molecule has 1 fully saturated rings. The van der Waals surface area contributed by atoms with E-state index in [0.717, 1.165) is 24.8 Å². The van der Waals surface area contributed by atoms with Crippen LogP contribution < -0.4 is 5.73 Å². The third kappa shape index (κ3) is 3.40. The van der Waals surface area contributed by atoms with E-state index >= 15 is 0 Å². The summed E-state index contributed by atoms with van der Waals surface area (Å²) in [5.41, 5.74) is 6.97. The third-order valence-corrected chi connectivity index (χ3v) is 4.60. The first-order valence-electron chi connectivity index (χ1n) is 7.23. The highest BCUT2D eigenvalue weighted by Gasteiger charge is 2.35. The number of rotatable bonds is 3. The van der Waals surface area contributed by atoms with Gasteiger partial charge in [0.15, 0.2) is 0 Å². The molecule has 0 aromatic carbocycles. The first-order valence-corrected chi connectivity index (χ1v) is 7.64. The van der Waals surface area contributed by atoms with Gasteiger partial charge in [-0.05, 0) is 44.3 Å². The lowest BCUT2D eigenvalue weighted by Gasteiger charge is -2.38. The molecule has 2 atom stereocenters. The molecule has 0 bridgehead atoms. The maximum Gasteiger partial charge on any atom is 0.254 e. The van der Waals surface area contributed by atoms with Crippen LogP contribution in [0.5, 0.6) is 0 Å². The van der Waals surface area contributed by atoms with Crippen LogP contribution in [0, 0.1) is 5.92 Å². The Morgan fingerprint density at radius 2 is 2.19 bits per heavy atom. The summed E-state index contributed by atoms with van der Waals surface area (Å²) < 4.78 is 13.2. The minimum absolute atomic E-state index is 0.0752. The van der Waals surface area contributed by atoms with Gasteiger partial charge in [-0.15, -0.1) is 0 Å². The number of nitrogens with two attached hydrogens (primary N) is 1. The predicted molar refractivity (Wildman–Crippen MR) is 86.3 cm³/mol. The minimum Gasteiger partial charge on any atom is -0.393 e. The third-order valence-electron chi connectivity index (χ3n) is 4.27. The Balaban J connectivity index is 2.33. The Kier molecular flexibility index (Phi) is 4.93. The van der Waals surface area contributed by atoms with Gasteiger partial charge in [-0.3, -0.25) is 4.79 Å². The van der Waals surface area contributed by atoms with Crippen molar-refractivity contribution in [2.45, 2.75) is 38.6 Å². The zero-order valence-corrected chi connectivity index (χ0v) is 13.1. The minimum atomic E-state index is -0.293. The molecule has 0 aromatic heterocycles. The second kappa shape index (κ2) is 6.52. The number of thiocarbonyl (C=S) groups is 1. The van der Waals surface area contributed by atoms with Crippen molar-refractivity contribution >= 4 is 23.1 Å². The van der Waals surface area contributed by atoms with Crippen molar-refractivity contribution in [3.05, 3.63) is 35.7 Å². The number of halogens is 1. The number of carbonyl (C=O) groups excluding carboxylic acids is 1. The fourth-order valence-electron chi connectivity index (χ4n) is 3.17. The number of hydrogen-bond donors (Lipinski definition) is 1. The normalized spacial score (nSPS) is 27.2. The van der Waals surface area contributed by atoms with E-state index in [-0.39, 0.29) is 23.7 Å². The van der Waals surface area contributed by atoms with E-state index in [4.69, 9.17) is 18.0 Å². The molecule has 0 spiro atoms. The molecule has 114 valence electrons. The lowest BCUT2D eigenvalue weighted by atomic mass is 9.90. The molecule has 0 aromatic rings. The van der Waals surface area contributed by atoms with Gasteiger partial charge in [0.2, 0.25) is 0 Å². The number of fused-ring (bicyclic) bond motifs is 1. The van der Waals surface area contributed by atoms with Crippen molar-refractivity contribution in [3.8, 4) is 0 Å². The summed E-state index contributed by atoms with van der Waals surface area (Å²) in [6.45, 7) is 5.66. The highest BCUT2D eigenvalue weighted by Crippen LogP contribution is 2.32. The average molecular weight is 308 g/mol. The lowest BCUT2D eigenvalue weighted by Crippen LogP contribution is -2.49. The summed E-state index contributed by atoms with van der Waals surface area (Å²) >= 11 is 5.07. The number of carbonyl (C=O) groups is 1. The summed E-state index contributed by atoms with van der Waals surface area (Å²) in [6, 6.07) is 0.184. The van der Waals surface area contributed by atoms with Crippen LogP contribution in [0.25, 0.3) is 0 Å². The maximum atomic E-state index is 13.2. The van der Waals surface area contributed by atoms with E-state index in [1.165, 1.54) is 19.1 Å². The van der Waals surface area contributed by atoms with Gasteiger partial charge in [-0.2, -0.15) is 0 Å². The number of allylic oxidation sites excluding steroid dienone is 3. The van der Waals surface area contributed by atoms with Gasteiger partial charge in [0, 0.05) is 24.1 Å². The van der Waals surface area contributed by atoms with Gasteiger partial charge in [0.25, 0.3) is 5.91 Å². The summed E-state index contributed by atoms with van der Waals surface area (Å²) in [5.74, 6) is -0.301. The zero-order valence-electron chi connectivity index (χ0n) is 12.3. The van der Waals surface area contributed by atoms with Crippen LogP contribution in [0.4, 0.5) is 4.39 Å². The van der Waals surface area contributed by atoms with E-state index in [9.17, 15) is 9.18 Å². The monoisotopic (exact) mass is 308 g/mol. The van der Waals surface area contributed by atoms with E-state index in [2.05, 4.69) is 6.58 Å². The highest BCUT2D eigenvalue weighted by molar-refractivity contribution is 7.80. The highest BCUT2D eigenvalue weighted by atomic mass is 32.1. The smallest absolute Gasteiger partial charge is 0.254 e. The number of amides is 1. The molecule has 2 aliphatic heterocycles. The fraction of sp³-hybridized carbons (Fsp3) is 0.500. The van der Waals surface area contributed by atoms with Crippen molar-refractivity contribution in [1.82, 2.24) is 4.90 Å². The summed E-state index contributed by atoms with van der Waals surface area (Å²) in [5, 5.41) is 0. The number of nitrogens with zero attached hydrogens (tertiary/aromatic N) is 1. The molecule has 3 nitrogen and oxygen atoms in total. The Morgan fingerprint density at radius 3 is 2.76 bits per heavy atom. The van der Waals surface area contributed by atoms with Crippen LogP contribution in [0.2, 0.25) is 0 Å². The predicted octanol–water partition coefficient (Wildman–Crippen LogP) is 3.03. The van der Waals surface area contributed by atoms with Crippen molar-refractivity contribution in [2.75, 3.05) is 6.54 Å². The van der Waals surface area contributed by atoms with Crippen molar-refractivity contribution in [1.29, 1.82) is 0 Å². The van der Waals surface area contributed by atoms with Gasteiger partial charge < -0.3 is 10.6 Å². The van der Waals surface area contributed by atoms with Gasteiger partial charge in [-0.1, -0.05) is 24.9 Å². The molecule has 0 saturated carbocycles. The molecule has 0 radical (unpaired) electrons. The van der Waals surface area contributed by atoms with Gasteiger partial charge in [0.05, 0.1) is 10.8 Å². The molecule has 5 heteroatoms. The number of hydrogen-bond acceptors (Lipinski definition) is 2. The van der Waals surface area contributed by atoms with Crippen molar-refractivity contribution < 1.29 is 9.18 Å². The molecule has 2 N–H and O–H groups in total. The van der Waals surface area contributed by atoms with Gasteiger partial charge in [0.1, 0.15) is 0 Å². The summed E-state index contributed by atoms with van der Waals surface area (Å²) in [6.07, 6.45) is 6.31. The van der Waals surface area contributed by atoms with Crippen LogP contribution in [0.3, 0.4) is 0 Å². The molecule has 1 saturated heterocycles. The molecule has 1 amide bonds. The molecule has 2 rings (SSSR count). The Hall–Kier alpha value is -1.49. The number of piperidine rings is 1. The van der Waals surface area contributed by atoms with E-state index in [1.54, 1.807) is 0 Å². The molecule has 21 heavy (non-hydrogen) atoms. The summed E-state index contributed by atoms with van der Waals surface area (Å²) in [4.78, 5) is 15.0. The lowest BCUT2D eigenvalue weighted by molar-refractivity contribution is -0.130. The van der Waals surface area contributed by atoms with E-state index < -0.39 is 0 Å². The Bertz CT molecular complexity index is 534. The van der Waals surface area contributed by atoms with Crippen LogP contribution in [0.1, 0.15) is 32.6 Å². The van der Waals surface area contributed by atoms with Gasteiger partial charge in [-0.25, -0.2) is 4.39 Å². The molecular weight excluding hydrogens is 287 g/mol. The first kappa shape index (κ1) is 15.9. The van der Waals surface area contributed by atoms with Crippen molar-refractivity contribution in [3.63, 3.8) is 0 Å². The van der Waals surface area contributed by atoms with Crippen LogP contribution in [-0.2, 0) is 4.79 Å². The van der Waals surface area contributed by atoms with Gasteiger partial charge >= 0.3 is 0 Å². The topological polar surface area (TPSA) is 46.3 Å². The zero-order chi connectivity index (χ0) is 15.6. The quantitative estimate of drug-likeness (QED) is 0.815. The molecule has 2 unspecified atom stereocenters. The second-order valence-electron chi connectivity index (χ2n) is 5.70. The maximum absolute atomic E-state index is 13.2. The second-order valence-corrected chi connectivity index (χ2v) is 6.17. The molecular formula is C16H21FN2OS. The Morgan fingerprint density at radius 1 is 1.48 bits per heavy atom. The van der Waals surface area contributed by atoms with Crippen LogP contribution in [-0.4, -0.2) is 28.4 Å². The largest absolute Gasteiger partial charge is 0.393 e. The standard InChI is InChI=1S/C16H21FN2OS/c1-3-14-11(8-10(2)17)4-6-13-7-5-12(15(18)21)9-19(13)16(14)20/h3,8,12-13H,1,4-7,9H2,2H3,(H2,18,21). The van der Waals surface area contributed by atoms with Crippen LogP contribution in [0.15, 0.2) is 35.7 Å². The Labute approximate surface area is 130 Å². The molecule has 2 heterocycles. The SMILES string of the molecule is C=CC1=C(C=C(C)F)CCC2CCC(C(N)=S)CN2C1=O. The van der Waals surface area contributed by atoms with E-state index in [1.807, 2.05) is 4.90 Å². The molecule has 2 aliphatic rings. The fourth-order valence-corrected chi connectivity index (χ4v) is 3.36. The van der Waals surface area contributed by atoms with Crippen molar-refractivity contribution in [2.24, 2.45) is 11.7 Å². The first-order chi connectivity index (χ1) is 9.93.